The number of sulfonamides is 1. The number of fused-ring (bicyclic) bond motifs is 2. The molecule has 50 heavy (non-hydrogen) atoms. The van der Waals surface area contributed by atoms with Crippen LogP contribution < -0.4 is 5.32 Å². The summed E-state index contributed by atoms with van der Waals surface area (Å²) in [5.74, 6) is -1.20. The number of benzene rings is 2. The Morgan fingerprint density at radius 1 is 1.14 bits per heavy atom. The molecule has 1 aliphatic carbocycles. The minimum atomic E-state index is -3.61. The van der Waals surface area contributed by atoms with Crippen LogP contribution in [-0.2, 0) is 36.1 Å². The van der Waals surface area contributed by atoms with Gasteiger partial charge in [-0.05, 0) is 107 Å². The van der Waals surface area contributed by atoms with Crippen molar-refractivity contribution in [2.75, 3.05) is 31.3 Å². The van der Waals surface area contributed by atoms with Gasteiger partial charge in [0.1, 0.15) is 17.5 Å². The Morgan fingerprint density at radius 3 is 2.48 bits per heavy atom. The number of azide groups is 1. The fourth-order valence-corrected chi connectivity index (χ4v) is 9.58. The van der Waals surface area contributed by atoms with Gasteiger partial charge in [-0.2, -0.15) is 4.31 Å². The zero-order valence-electron chi connectivity index (χ0n) is 29.0. The summed E-state index contributed by atoms with van der Waals surface area (Å²) in [4.78, 5) is 32.1. The van der Waals surface area contributed by atoms with Gasteiger partial charge in [-0.15, -0.1) is 0 Å². The van der Waals surface area contributed by atoms with Crippen molar-refractivity contribution >= 4 is 39.3 Å². The largest absolute Gasteiger partial charge is 0.444 e. The fourth-order valence-electron chi connectivity index (χ4n) is 7.66. The predicted octanol–water partition coefficient (Wildman–Crippen LogP) is 6.97. The first-order chi connectivity index (χ1) is 23.7. The molecule has 1 saturated carbocycles. The van der Waals surface area contributed by atoms with E-state index in [1.54, 1.807) is 51.0 Å². The van der Waals surface area contributed by atoms with Crippen LogP contribution in [0.5, 0.6) is 0 Å². The number of amides is 2. The van der Waals surface area contributed by atoms with Gasteiger partial charge in [-0.1, -0.05) is 34.9 Å². The Morgan fingerprint density at radius 2 is 1.84 bits per heavy atom. The Kier molecular flexibility index (Phi) is 11.7. The van der Waals surface area contributed by atoms with E-state index in [0.717, 1.165) is 5.56 Å². The van der Waals surface area contributed by atoms with Gasteiger partial charge in [-0.3, -0.25) is 4.79 Å². The number of nitrogens with zero attached hydrogens (tertiary/aromatic N) is 5. The molecule has 3 aliphatic rings. The number of nitrogens with one attached hydrogen (secondary N) is 1. The molecular formula is C35H46ClFN6O6S. The normalized spacial score (nSPS) is 27.0. The lowest BCUT2D eigenvalue weighted by atomic mass is 9.64. The summed E-state index contributed by atoms with van der Waals surface area (Å²) in [6.07, 6.45) is 2.95. The minimum absolute atomic E-state index is 0.00523. The van der Waals surface area contributed by atoms with Gasteiger partial charge in [-0.25, -0.2) is 17.6 Å². The quantitative estimate of drug-likeness (QED) is 0.167. The van der Waals surface area contributed by atoms with Crippen molar-refractivity contribution in [3.05, 3.63) is 74.9 Å². The van der Waals surface area contributed by atoms with Crippen LogP contribution in [0.2, 0.25) is 5.02 Å². The van der Waals surface area contributed by atoms with Crippen molar-refractivity contribution in [2.24, 2.45) is 5.11 Å². The number of piperazine rings is 1. The van der Waals surface area contributed by atoms with Crippen molar-refractivity contribution in [1.29, 1.82) is 0 Å². The molecule has 272 valence electrons. The molecule has 5 rings (SSSR count). The highest BCUT2D eigenvalue weighted by molar-refractivity contribution is 7.89. The number of rotatable bonds is 9. The molecule has 2 aromatic carbocycles. The maximum atomic E-state index is 15.6. The van der Waals surface area contributed by atoms with E-state index in [-0.39, 0.29) is 55.1 Å². The standard InChI is InChI=1S/C35H46ClFN6O6S/c1-34(2,3)49-33(45)42-21-26(43-22-25(42)7-6-20-50(43,46)47)14-15-28-29(37)8-5-9-30(28)39-32(44)31(40-41-38)35(18-16-27(48-4)17-19-35)23-10-12-24(36)13-11-23/h5,8-13,25-27,31H,6-7,14-22H2,1-4H3,(H,39,44)/t25?,26?,27?,31-,35?/m1/s1. The van der Waals surface area contributed by atoms with Crippen molar-refractivity contribution in [1.82, 2.24) is 9.21 Å². The van der Waals surface area contributed by atoms with Gasteiger partial charge in [0.05, 0.1) is 11.9 Å². The Balaban J connectivity index is 1.41. The molecule has 2 amide bonds. The summed E-state index contributed by atoms with van der Waals surface area (Å²) in [6, 6.07) is 9.34. The summed E-state index contributed by atoms with van der Waals surface area (Å²) in [5.41, 5.74) is 9.23. The maximum Gasteiger partial charge on any atom is 0.410 e. The molecule has 0 spiro atoms. The zero-order chi connectivity index (χ0) is 36.3. The second kappa shape index (κ2) is 15.4. The molecule has 1 N–H and O–H groups in total. The molecule has 12 nitrogen and oxygen atoms in total. The van der Waals surface area contributed by atoms with Gasteiger partial charge in [0.15, 0.2) is 0 Å². The summed E-state index contributed by atoms with van der Waals surface area (Å²) < 4.78 is 54.9. The van der Waals surface area contributed by atoms with Crippen LogP contribution in [0.1, 0.15) is 76.8 Å². The van der Waals surface area contributed by atoms with Gasteiger partial charge >= 0.3 is 6.09 Å². The first-order valence-electron chi connectivity index (χ1n) is 17.1. The van der Waals surface area contributed by atoms with Crippen LogP contribution in [0.25, 0.3) is 10.4 Å². The monoisotopic (exact) mass is 732 g/mol. The Bertz CT molecular complexity index is 1710. The molecule has 3 unspecified atom stereocenters. The average Bonchev–Trinajstić information content (AvgIpc) is 3.19. The van der Waals surface area contributed by atoms with Gasteiger partial charge < -0.3 is 19.7 Å². The highest BCUT2D eigenvalue weighted by Gasteiger charge is 2.47. The molecule has 0 radical (unpaired) electrons. The van der Waals surface area contributed by atoms with E-state index < -0.39 is 50.9 Å². The molecule has 2 aliphatic heterocycles. The van der Waals surface area contributed by atoms with Crippen molar-refractivity contribution in [3.63, 3.8) is 0 Å². The SMILES string of the molecule is COC1CCC(c2ccc(Cl)cc2)([C@H](N=[N+]=[N-])C(=O)Nc2cccc(F)c2CCC2CN(C(=O)OC(C)(C)C)C3CCCS(=O)(=O)N2C3)CC1. The van der Waals surface area contributed by atoms with E-state index >= 15 is 4.39 Å². The van der Waals surface area contributed by atoms with E-state index in [4.69, 9.17) is 21.1 Å². The smallest absolute Gasteiger partial charge is 0.410 e. The van der Waals surface area contributed by atoms with E-state index in [1.165, 1.54) is 16.4 Å². The predicted molar refractivity (Wildman–Crippen MR) is 189 cm³/mol. The van der Waals surface area contributed by atoms with Crippen molar-refractivity contribution in [2.45, 2.75) is 107 Å². The molecule has 3 fully saturated rings. The van der Waals surface area contributed by atoms with Gasteiger partial charge in [0.25, 0.3) is 0 Å². The van der Waals surface area contributed by atoms with E-state index in [9.17, 15) is 23.5 Å². The maximum absolute atomic E-state index is 15.6. The molecule has 0 aromatic heterocycles. The molecule has 2 aromatic rings. The number of methoxy groups -OCH3 is 1. The van der Waals surface area contributed by atoms with Crippen LogP contribution in [-0.4, -0.2) is 85.4 Å². The average molecular weight is 733 g/mol. The minimum Gasteiger partial charge on any atom is -0.444 e. The Labute approximate surface area is 298 Å². The van der Waals surface area contributed by atoms with E-state index in [1.807, 2.05) is 12.1 Å². The van der Waals surface area contributed by atoms with Crippen LogP contribution in [0.15, 0.2) is 47.6 Å². The molecule has 2 saturated heterocycles. The molecular weight excluding hydrogens is 687 g/mol. The number of hydrogen-bond acceptors (Lipinski definition) is 7. The molecule has 2 heterocycles. The summed E-state index contributed by atoms with van der Waals surface area (Å²) in [5, 5.41) is 7.41. The van der Waals surface area contributed by atoms with E-state index in [2.05, 4.69) is 15.3 Å². The number of carbonyl (C=O) groups excluding carboxylic acids is 2. The molecule has 15 heteroatoms. The van der Waals surface area contributed by atoms with Crippen LogP contribution in [0.3, 0.4) is 0 Å². The van der Waals surface area contributed by atoms with Crippen molar-refractivity contribution < 1.29 is 31.9 Å². The number of ether oxygens (including phenoxy) is 2. The first-order valence-corrected chi connectivity index (χ1v) is 19.1. The summed E-state index contributed by atoms with van der Waals surface area (Å²) in [7, 11) is -1.97. The lowest BCUT2D eigenvalue weighted by Gasteiger charge is -2.44. The van der Waals surface area contributed by atoms with Crippen LogP contribution in [0.4, 0.5) is 14.9 Å². The number of halogens is 2. The second-order valence-electron chi connectivity index (χ2n) is 14.5. The lowest BCUT2D eigenvalue weighted by Crippen LogP contribution is -2.60. The third kappa shape index (κ3) is 8.37. The first kappa shape index (κ1) is 37.8. The topological polar surface area (TPSA) is 154 Å². The number of hydrogen-bond donors (Lipinski definition) is 1. The number of anilines is 1. The highest BCUT2D eigenvalue weighted by atomic mass is 35.5. The molecule has 4 atom stereocenters. The highest BCUT2D eigenvalue weighted by Crippen LogP contribution is 2.45. The van der Waals surface area contributed by atoms with Crippen molar-refractivity contribution in [3.8, 4) is 0 Å². The molecule has 2 bridgehead atoms. The third-order valence-corrected chi connectivity index (χ3v) is 12.4. The van der Waals surface area contributed by atoms with Gasteiger partial charge in [0.2, 0.25) is 15.9 Å². The fraction of sp³-hybridized carbons (Fsp3) is 0.600. The van der Waals surface area contributed by atoms with Crippen LogP contribution in [0, 0.1) is 5.82 Å². The lowest BCUT2D eigenvalue weighted by molar-refractivity contribution is -0.119. The zero-order valence-corrected chi connectivity index (χ0v) is 30.6. The van der Waals surface area contributed by atoms with E-state index in [0.29, 0.717) is 43.5 Å². The number of carbonyl (C=O) groups is 2. The summed E-state index contributed by atoms with van der Waals surface area (Å²) >= 11 is 6.19. The van der Waals surface area contributed by atoms with Crippen LogP contribution >= 0.6 is 11.6 Å². The Hall–Kier alpha value is -3.42. The second-order valence-corrected chi connectivity index (χ2v) is 16.9. The van der Waals surface area contributed by atoms with Gasteiger partial charge in [0, 0.05) is 58.9 Å². The summed E-state index contributed by atoms with van der Waals surface area (Å²) in [6.45, 7) is 5.56. The third-order valence-electron chi connectivity index (χ3n) is 10.2.